The minimum atomic E-state index is -1.20. The van der Waals surface area contributed by atoms with Gasteiger partial charge in [0.05, 0.1) is 5.39 Å². The summed E-state index contributed by atoms with van der Waals surface area (Å²) >= 11 is 0. The molecule has 4 heteroatoms. The molecule has 3 nitrogen and oxygen atoms in total. The topological polar surface area (TPSA) is 62.7 Å². The summed E-state index contributed by atoms with van der Waals surface area (Å²) in [4.78, 5) is 0. The molecule has 1 heterocycles. The van der Waals surface area contributed by atoms with Crippen molar-refractivity contribution in [3.63, 3.8) is 0 Å². The van der Waals surface area contributed by atoms with Gasteiger partial charge in [0.1, 0.15) is 0 Å². The van der Waals surface area contributed by atoms with Crippen molar-refractivity contribution in [3.8, 4) is 0 Å². The molecule has 0 fully saturated rings. The predicted octanol–water partition coefficient (Wildman–Crippen LogP) is 1.37. The molecule has 0 radical (unpaired) electrons. The second kappa shape index (κ2) is 2.18. The number of hydrogen-bond donors (Lipinski definition) is 2. The number of aromatic amines is 1. The Bertz CT molecular complexity index is 443. The van der Waals surface area contributed by atoms with Gasteiger partial charge in [-0.2, -0.15) is 4.37 Å². The molecule has 2 rings (SSSR count). The highest BCUT2D eigenvalue weighted by Gasteiger charge is 2.05. The van der Waals surface area contributed by atoms with Gasteiger partial charge in [0.25, 0.3) is 0 Å². The maximum absolute atomic E-state index is 11.1. The lowest BCUT2D eigenvalue weighted by Crippen LogP contribution is -1.96. The van der Waals surface area contributed by atoms with Crippen LogP contribution in [0.5, 0.6) is 0 Å². The fraction of sp³-hybridized carbons (Fsp3) is 0. The summed E-state index contributed by atoms with van der Waals surface area (Å²) in [7, 11) is -1.20. The van der Waals surface area contributed by atoms with Gasteiger partial charge in [0.15, 0.2) is 5.49 Å². The van der Waals surface area contributed by atoms with E-state index in [1.807, 2.05) is 12.1 Å². The van der Waals surface area contributed by atoms with Crippen LogP contribution in [0.1, 0.15) is 0 Å². The van der Waals surface area contributed by atoms with Gasteiger partial charge in [-0.1, -0.05) is 12.1 Å². The van der Waals surface area contributed by atoms with E-state index in [2.05, 4.69) is 4.37 Å². The van der Waals surface area contributed by atoms with Crippen molar-refractivity contribution in [2.75, 3.05) is 0 Å². The Morgan fingerprint density at radius 1 is 1.36 bits per heavy atom. The normalized spacial score (nSPS) is 12.3. The van der Waals surface area contributed by atoms with Crippen molar-refractivity contribution in [1.82, 2.24) is 4.37 Å². The van der Waals surface area contributed by atoms with Gasteiger partial charge in [0.2, 0.25) is 4.70 Å². The van der Waals surface area contributed by atoms with E-state index in [0.29, 0.717) is 4.70 Å². The smallest absolute Gasteiger partial charge is 0.205 e. The first-order valence-electron chi connectivity index (χ1n) is 3.15. The highest BCUT2D eigenvalue weighted by Crippen LogP contribution is 2.20. The van der Waals surface area contributed by atoms with Gasteiger partial charge < -0.3 is 4.55 Å². The van der Waals surface area contributed by atoms with Crippen LogP contribution in [0.15, 0.2) is 24.3 Å². The molecule has 1 aromatic carbocycles. The molecule has 0 saturated heterocycles. The van der Waals surface area contributed by atoms with Crippen LogP contribution < -0.4 is 5.49 Å². The Balaban J connectivity index is 3.07. The molecule has 0 aliphatic heterocycles. The highest BCUT2D eigenvalue weighted by atomic mass is 32.2. The van der Waals surface area contributed by atoms with Gasteiger partial charge >= 0.3 is 0 Å². The van der Waals surface area contributed by atoms with Gasteiger partial charge in [-0.15, -0.1) is 0 Å². The molecule has 0 spiro atoms. The molecule has 0 aliphatic carbocycles. The monoisotopic (exact) mass is 166 g/mol. The van der Waals surface area contributed by atoms with Crippen molar-refractivity contribution in [3.05, 3.63) is 29.8 Å². The third-order valence-electron chi connectivity index (χ3n) is 1.55. The quantitative estimate of drug-likeness (QED) is 0.570. The van der Waals surface area contributed by atoms with Crippen molar-refractivity contribution < 1.29 is 4.55 Å². The van der Waals surface area contributed by atoms with E-state index in [-0.39, 0.29) is 5.49 Å². The highest BCUT2D eigenvalue weighted by molar-refractivity contribution is 7.26. The fourth-order valence-electron chi connectivity index (χ4n) is 1.04. The molecule has 0 amide bonds. The van der Waals surface area contributed by atoms with Crippen LogP contribution in [-0.4, -0.2) is 8.93 Å². The maximum atomic E-state index is 11.1. The van der Waals surface area contributed by atoms with Crippen molar-refractivity contribution in [2.45, 2.75) is 0 Å². The van der Waals surface area contributed by atoms with E-state index in [1.54, 1.807) is 12.1 Å². The molecule has 0 saturated carbocycles. The van der Waals surface area contributed by atoms with Gasteiger partial charge in [-0.3, -0.25) is 5.41 Å². The number of benzene rings is 1. The standard InChI is InChI=1S/C7H6N2OS/c8-7-5-3-1-2-4-6(5)11(10)9-7/h1-4H,(H2,8,9). The molecule has 2 N–H and O–H groups in total. The zero-order chi connectivity index (χ0) is 7.84. The van der Waals surface area contributed by atoms with Crippen LogP contribution in [0, 0.1) is 5.41 Å². The van der Waals surface area contributed by atoms with Crippen molar-refractivity contribution >= 4 is 21.0 Å². The Hall–Kier alpha value is -1.13. The van der Waals surface area contributed by atoms with E-state index < -0.39 is 10.9 Å². The Kier molecular flexibility index (Phi) is 1.30. The minimum absolute atomic E-state index is 0.249. The van der Waals surface area contributed by atoms with Crippen molar-refractivity contribution in [1.29, 1.82) is 5.41 Å². The van der Waals surface area contributed by atoms with Crippen LogP contribution in [0.2, 0.25) is 0 Å². The van der Waals surface area contributed by atoms with Gasteiger partial charge in [-0.25, -0.2) is 0 Å². The molecule has 0 bridgehead atoms. The summed E-state index contributed by atoms with van der Waals surface area (Å²) in [6, 6.07) is 7.20. The van der Waals surface area contributed by atoms with Crippen LogP contribution in [0.25, 0.3) is 10.1 Å². The number of H-pyrrole nitrogens is 1. The number of nitrogens with one attached hydrogen (secondary N) is 2. The molecule has 1 atom stereocenters. The fourth-order valence-corrected chi connectivity index (χ4v) is 2.01. The summed E-state index contributed by atoms with van der Waals surface area (Å²) in [6.45, 7) is 0. The van der Waals surface area contributed by atoms with Crippen LogP contribution in [0.4, 0.5) is 0 Å². The van der Waals surface area contributed by atoms with E-state index in [4.69, 9.17) is 5.41 Å². The summed E-state index contributed by atoms with van der Waals surface area (Å²) in [5.41, 5.74) is 0.249. The first-order chi connectivity index (χ1) is 5.29. The molecule has 11 heavy (non-hydrogen) atoms. The second-order valence-corrected chi connectivity index (χ2v) is 3.42. The summed E-state index contributed by atoms with van der Waals surface area (Å²) < 4.78 is 14.4. The lowest BCUT2D eigenvalue weighted by atomic mass is 10.3. The molecular formula is C7H6N2OS. The molecular weight excluding hydrogens is 160 g/mol. The number of rotatable bonds is 0. The number of aromatic nitrogens is 1. The van der Waals surface area contributed by atoms with Crippen molar-refractivity contribution in [2.24, 2.45) is 0 Å². The third kappa shape index (κ3) is 0.875. The first kappa shape index (κ1) is 6.57. The van der Waals surface area contributed by atoms with Gasteiger partial charge in [-0.05, 0) is 6.07 Å². The molecule has 0 aliphatic rings. The first-order valence-corrected chi connectivity index (χ1v) is 4.30. The molecule has 1 unspecified atom stereocenters. The van der Waals surface area contributed by atoms with Crippen LogP contribution >= 0.6 is 10.9 Å². The summed E-state index contributed by atoms with van der Waals surface area (Å²) in [6.07, 6.45) is 0. The minimum Gasteiger partial charge on any atom is -0.570 e. The average molecular weight is 166 g/mol. The van der Waals surface area contributed by atoms with Crippen LogP contribution in [0.3, 0.4) is 0 Å². The lowest BCUT2D eigenvalue weighted by molar-refractivity contribution is 0.592. The van der Waals surface area contributed by atoms with E-state index in [1.165, 1.54) is 0 Å². The Morgan fingerprint density at radius 3 is 2.82 bits per heavy atom. The van der Waals surface area contributed by atoms with Crippen LogP contribution in [-0.2, 0) is 0 Å². The number of hydrogen-bond acceptors (Lipinski definition) is 2. The molecule has 56 valence electrons. The summed E-state index contributed by atoms with van der Waals surface area (Å²) in [5.74, 6) is 0. The predicted molar refractivity (Wildman–Crippen MR) is 42.8 cm³/mol. The third-order valence-corrected chi connectivity index (χ3v) is 2.70. The average Bonchev–Trinajstić information content (AvgIpc) is 2.30. The Labute approximate surface area is 65.8 Å². The molecule has 1 aromatic heterocycles. The van der Waals surface area contributed by atoms with Gasteiger partial charge in [0, 0.05) is 17.0 Å². The second-order valence-electron chi connectivity index (χ2n) is 2.24. The molecule has 2 aromatic rings. The van der Waals surface area contributed by atoms with E-state index in [0.717, 1.165) is 5.39 Å². The zero-order valence-electron chi connectivity index (χ0n) is 5.63. The maximum Gasteiger partial charge on any atom is 0.205 e. The number of fused-ring (bicyclic) bond motifs is 1. The lowest BCUT2D eigenvalue weighted by Gasteiger charge is -1.84. The van der Waals surface area contributed by atoms with E-state index in [9.17, 15) is 4.55 Å². The largest absolute Gasteiger partial charge is 0.570 e. The SMILES string of the molecule is N=c1[nH][s+]([O-])c2ccccc12. The summed E-state index contributed by atoms with van der Waals surface area (Å²) in [5, 5.41) is 8.10. The van der Waals surface area contributed by atoms with E-state index >= 15 is 0 Å². The zero-order valence-corrected chi connectivity index (χ0v) is 6.44. The Morgan fingerprint density at radius 2 is 2.09 bits per heavy atom.